The number of nitrogens with one attached hydrogen (secondary N) is 1. The van der Waals surface area contributed by atoms with Gasteiger partial charge < -0.3 is 30.2 Å². The molecular formula is C25H29N5O4. The van der Waals surface area contributed by atoms with Crippen molar-refractivity contribution in [3.05, 3.63) is 48.0 Å². The Morgan fingerprint density at radius 1 is 1.29 bits per heavy atom. The zero-order valence-corrected chi connectivity index (χ0v) is 19.4. The highest BCUT2D eigenvalue weighted by Gasteiger charge is 2.32. The van der Waals surface area contributed by atoms with E-state index < -0.39 is 0 Å². The van der Waals surface area contributed by atoms with Crippen LogP contribution in [0.2, 0.25) is 0 Å². The summed E-state index contributed by atoms with van der Waals surface area (Å²) in [7, 11) is 0. The van der Waals surface area contributed by atoms with E-state index in [2.05, 4.69) is 34.0 Å². The van der Waals surface area contributed by atoms with Gasteiger partial charge in [0.1, 0.15) is 23.4 Å². The van der Waals surface area contributed by atoms with Gasteiger partial charge in [0.15, 0.2) is 5.69 Å². The first-order chi connectivity index (χ1) is 16.3. The molecule has 1 amide bonds. The first kappa shape index (κ1) is 22.2. The van der Waals surface area contributed by atoms with Crippen LogP contribution in [0.25, 0.3) is 11.5 Å². The molecule has 178 valence electrons. The van der Waals surface area contributed by atoms with E-state index in [0.717, 1.165) is 49.4 Å². The standard InChI is InChI=1S/C25H29N5O4/c1-25(2)12-17-9-18(20(11-21(17)34-25)30-7-4-15(13-31)5-8-30)28-23(32)19-14-33-24(29-19)16-3-6-27-22(26)10-16/h3,6,9-11,14-15,31H,4-5,7-8,12-13H2,1-2H3,(H2,26,27)(H,28,32). The van der Waals surface area contributed by atoms with Crippen molar-refractivity contribution in [2.45, 2.75) is 38.7 Å². The predicted octanol–water partition coefficient (Wildman–Crippen LogP) is 3.49. The molecule has 2 aromatic heterocycles. The first-order valence-electron chi connectivity index (χ1n) is 11.5. The first-order valence-corrected chi connectivity index (χ1v) is 11.5. The Kier molecular flexibility index (Phi) is 5.65. The normalized spacial score (nSPS) is 17.3. The maximum absolute atomic E-state index is 13.1. The third kappa shape index (κ3) is 4.43. The van der Waals surface area contributed by atoms with Gasteiger partial charge in [0.2, 0.25) is 5.89 Å². The minimum absolute atomic E-state index is 0.174. The fraction of sp³-hybridized carbons (Fsp3) is 0.400. The molecule has 5 rings (SSSR count). The van der Waals surface area contributed by atoms with E-state index in [0.29, 0.717) is 28.9 Å². The molecule has 0 radical (unpaired) electrons. The number of carbonyl (C=O) groups is 1. The van der Waals surface area contributed by atoms with Crippen LogP contribution in [0.4, 0.5) is 17.2 Å². The highest BCUT2D eigenvalue weighted by Crippen LogP contribution is 2.42. The zero-order valence-electron chi connectivity index (χ0n) is 19.4. The number of aliphatic hydroxyl groups excluding tert-OH is 1. The van der Waals surface area contributed by atoms with Crippen LogP contribution < -0.4 is 20.7 Å². The topological polar surface area (TPSA) is 127 Å². The summed E-state index contributed by atoms with van der Waals surface area (Å²) in [4.78, 5) is 23.7. The lowest BCUT2D eigenvalue weighted by atomic mass is 9.96. The number of aliphatic hydroxyl groups is 1. The van der Waals surface area contributed by atoms with Crippen molar-refractivity contribution in [1.29, 1.82) is 0 Å². The van der Waals surface area contributed by atoms with Crippen molar-refractivity contribution >= 4 is 23.1 Å². The van der Waals surface area contributed by atoms with Crippen molar-refractivity contribution in [3.8, 4) is 17.2 Å². The molecule has 4 N–H and O–H groups in total. The number of anilines is 3. The lowest BCUT2D eigenvalue weighted by molar-refractivity contribution is 0.102. The van der Waals surface area contributed by atoms with Gasteiger partial charge in [-0.1, -0.05) is 0 Å². The summed E-state index contributed by atoms with van der Waals surface area (Å²) < 4.78 is 11.7. The molecule has 0 bridgehead atoms. The second kappa shape index (κ2) is 8.64. The lowest BCUT2D eigenvalue weighted by Gasteiger charge is -2.34. The molecule has 0 spiro atoms. The van der Waals surface area contributed by atoms with Crippen molar-refractivity contribution in [2.24, 2.45) is 5.92 Å². The van der Waals surface area contributed by atoms with Gasteiger partial charge in [-0.25, -0.2) is 9.97 Å². The van der Waals surface area contributed by atoms with E-state index in [9.17, 15) is 9.90 Å². The number of hydrogen-bond donors (Lipinski definition) is 3. The monoisotopic (exact) mass is 463 g/mol. The second-order valence-corrected chi connectivity index (χ2v) is 9.59. The Labute approximate surface area is 198 Å². The fourth-order valence-electron chi connectivity index (χ4n) is 4.64. The number of fused-ring (bicyclic) bond motifs is 1. The molecule has 2 aliphatic heterocycles. The quantitative estimate of drug-likeness (QED) is 0.525. The molecule has 1 fully saturated rings. The molecule has 0 atom stereocenters. The van der Waals surface area contributed by atoms with Gasteiger partial charge in [-0.15, -0.1) is 0 Å². The number of carbonyl (C=O) groups excluding carboxylic acids is 1. The second-order valence-electron chi connectivity index (χ2n) is 9.59. The number of nitrogens with zero attached hydrogens (tertiary/aromatic N) is 3. The molecule has 4 heterocycles. The maximum Gasteiger partial charge on any atom is 0.277 e. The van der Waals surface area contributed by atoms with Crippen molar-refractivity contribution in [2.75, 3.05) is 35.6 Å². The number of nitrogens with two attached hydrogens (primary N) is 1. The van der Waals surface area contributed by atoms with Crippen LogP contribution >= 0.6 is 0 Å². The van der Waals surface area contributed by atoms with Gasteiger partial charge in [-0.2, -0.15) is 0 Å². The molecule has 3 aromatic rings. The molecule has 34 heavy (non-hydrogen) atoms. The molecule has 9 heteroatoms. The molecule has 0 aliphatic carbocycles. The van der Waals surface area contributed by atoms with E-state index in [4.69, 9.17) is 14.9 Å². The number of piperidine rings is 1. The Balaban J connectivity index is 1.42. The minimum atomic E-state index is -0.360. The Hall–Kier alpha value is -3.59. The van der Waals surface area contributed by atoms with Crippen molar-refractivity contribution in [3.63, 3.8) is 0 Å². The summed E-state index contributed by atoms with van der Waals surface area (Å²) in [6.07, 6.45) is 5.46. The van der Waals surface area contributed by atoms with E-state index in [1.807, 2.05) is 12.1 Å². The van der Waals surface area contributed by atoms with E-state index in [1.54, 1.807) is 18.3 Å². The Morgan fingerprint density at radius 2 is 2.09 bits per heavy atom. The van der Waals surface area contributed by atoms with Crippen LogP contribution in [0.15, 0.2) is 41.1 Å². The van der Waals surface area contributed by atoms with E-state index in [1.165, 1.54) is 6.26 Å². The fourth-order valence-corrected chi connectivity index (χ4v) is 4.64. The van der Waals surface area contributed by atoms with Crippen LogP contribution in [0.3, 0.4) is 0 Å². The molecule has 2 aliphatic rings. The summed E-state index contributed by atoms with van der Waals surface area (Å²) in [5, 5.41) is 12.5. The largest absolute Gasteiger partial charge is 0.487 e. The Morgan fingerprint density at radius 3 is 2.82 bits per heavy atom. The number of oxazole rings is 1. The average molecular weight is 464 g/mol. The highest BCUT2D eigenvalue weighted by atomic mass is 16.5. The Bertz CT molecular complexity index is 1210. The predicted molar refractivity (Wildman–Crippen MR) is 129 cm³/mol. The van der Waals surface area contributed by atoms with Crippen molar-refractivity contribution in [1.82, 2.24) is 9.97 Å². The van der Waals surface area contributed by atoms with E-state index >= 15 is 0 Å². The van der Waals surface area contributed by atoms with Crippen LogP contribution in [-0.4, -0.2) is 46.3 Å². The van der Waals surface area contributed by atoms with Gasteiger partial charge in [0, 0.05) is 49.5 Å². The van der Waals surface area contributed by atoms with Crippen molar-refractivity contribution < 1.29 is 19.1 Å². The van der Waals surface area contributed by atoms with Gasteiger partial charge in [-0.05, 0) is 50.8 Å². The van der Waals surface area contributed by atoms with Gasteiger partial charge >= 0.3 is 0 Å². The highest BCUT2D eigenvalue weighted by molar-refractivity contribution is 6.05. The number of ether oxygens (including phenoxy) is 1. The molecule has 1 saturated heterocycles. The third-order valence-corrected chi connectivity index (χ3v) is 6.41. The van der Waals surface area contributed by atoms with Crippen LogP contribution in [0.1, 0.15) is 42.7 Å². The van der Waals surface area contributed by atoms with E-state index in [-0.39, 0.29) is 23.8 Å². The minimum Gasteiger partial charge on any atom is -0.487 e. The third-order valence-electron chi connectivity index (χ3n) is 6.41. The number of aromatic nitrogens is 2. The SMILES string of the molecule is CC1(C)Cc2cc(NC(=O)c3coc(-c4ccnc(N)c4)n3)c(N3CCC(CO)CC3)cc2O1. The number of benzene rings is 1. The summed E-state index contributed by atoms with van der Waals surface area (Å²) in [6, 6.07) is 7.39. The average Bonchev–Trinajstić information content (AvgIpc) is 3.42. The molecule has 9 nitrogen and oxygen atoms in total. The van der Waals surface area contributed by atoms with Gasteiger partial charge in [0.25, 0.3) is 5.91 Å². The van der Waals surface area contributed by atoms with Gasteiger partial charge in [-0.3, -0.25) is 4.79 Å². The van der Waals surface area contributed by atoms with Gasteiger partial charge in [0.05, 0.1) is 11.4 Å². The van der Waals surface area contributed by atoms with Crippen LogP contribution in [0, 0.1) is 5.92 Å². The summed E-state index contributed by atoms with van der Waals surface area (Å²) in [5.74, 6) is 1.45. The molecule has 0 saturated carbocycles. The lowest BCUT2D eigenvalue weighted by Crippen LogP contribution is -2.35. The number of pyridine rings is 1. The number of amides is 1. The molecule has 0 unspecified atom stereocenters. The summed E-state index contributed by atoms with van der Waals surface area (Å²) in [5.41, 5.74) is 8.96. The number of hydrogen-bond acceptors (Lipinski definition) is 8. The molecular weight excluding hydrogens is 434 g/mol. The smallest absolute Gasteiger partial charge is 0.277 e. The van der Waals surface area contributed by atoms with Crippen LogP contribution in [0.5, 0.6) is 5.75 Å². The number of nitrogen functional groups attached to an aromatic ring is 1. The zero-order chi connectivity index (χ0) is 23.9. The maximum atomic E-state index is 13.1. The number of rotatable bonds is 5. The molecule has 1 aromatic carbocycles. The summed E-state index contributed by atoms with van der Waals surface area (Å²) in [6.45, 7) is 5.92. The summed E-state index contributed by atoms with van der Waals surface area (Å²) >= 11 is 0. The van der Waals surface area contributed by atoms with Crippen LogP contribution in [-0.2, 0) is 6.42 Å².